The van der Waals surface area contributed by atoms with Crippen LogP contribution >= 0.6 is 0 Å². The topological polar surface area (TPSA) is 23.6 Å². The summed E-state index contributed by atoms with van der Waals surface area (Å²) in [5.74, 6) is 1.09. The summed E-state index contributed by atoms with van der Waals surface area (Å²) in [4.78, 5) is 17.7. The van der Waals surface area contributed by atoms with E-state index < -0.39 is 0 Å². The fourth-order valence-electron chi connectivity index (χ4n) is 4.81. The van der Waals surface area contributed by atoms with Gasteiger partial charge in [0.1, 0.15) is 0 Å². The first kappa shape index (κ1) is 19.2. The summed E-state index contributed by atoms with van der Waals surface area (Å²) in [5, 5.41) is 0. The number of carbonyl (C=O) groups excluding carboxylic acids is 1. The Morgan fingerprint density at radius 2 is 1.46 bits per heavy atom. The van der Waals surface area contributed by atoms with Gasteiger partial charge in [-0.25, -0.2) is 0 Å². The van der Waals surface area contributed by atoms with Crippen LogP contribution in [0.1, 0.15) is 36.8 Å². The van der Waals surface area contributed by atoms with Gasteiger partial charge in [-0.05, 0) is 62.1 Å². The average Bonchev–Trinajstić information content (AvgIpc) is 3.22. The Labute approximate surface area is 169 Å². The summed E-state index contributed by atoms with van der Waals surface area (Å²) < 4.78 is 0. The van der Waals surface area contributed by atoms with Crippen LogP contribution in [0, 0.1) is 5.92 Å². The van der Waals surface area contributed by atoms with Crippen LogP contribution in [-0.2, 0) is 17.6 Å². The molecule has 2 aromatic rings. The third-order valence-electron chi connectivity index (χ3n) is 6.47. The molecule has 2 aliphatic heterocycles. The fraction of sp³-hybridized carbons (Fsp3) is 0.480. The zero-order valence-electron chi connectivity index (χ0n) is 16.8. The highest BCUT2D eigenvalue weighted by molar-refractivity contribution is 5.82. The SMILES string of the molecule is O=C(C1CCCN1CCc1ccccc1)N1CCC(Cc2ccccc2)CC1. The van der Waals surface area contributed by atoms with Gasteiger partial charge in [0.05, 0.1) is 6.04 Å². The van der Waals surface area contributed by atoms with E-state index in [1.807, 2.05) is 0 Å². The van der Waals surface area contributed by atoms with Crippen LogP contribution < -0.4 is 0 Å². The van der Waals surface area contributed by atoms with Crippen LogP contribution in [0.5, 0.6) is 0 Å². The highest BCUT2D eigenvalue weighted by Crippen LogP contribution is 2.25. The van der Waals surface area contributed by atoms with Gasteiger partial charge in [0.25, 0.3) is 0 Å². The van der Waals surface area contributed by atoms with E-state index in [9.17, 15) is 4.79 Å². The molecule has 0 spiro atoms. The second-order valence-corrected chi connectivity index (χ2v) is 8.39. The summed E-state index contributed by atoms with van der Waals surface area (Å²) >= 11 is 0. The monoisotopic (exact) mass is 376 g/mol. The van der Waals surface area contributed by atoms with Crippen LogP contribution in [0.4, 0.5) is 0 Å². The summed E-state index contributed by atoms with van der Waals surface area (Å²) in [6.45, 7) is 3.91. The molecule has 1 amide bonds. The molecule has 0 N–H and O–H groups in total. The quantitative estimate of drug-likeness (QED) is 0.755. The molecule has 148 valence electrons. The Balaban J connectivity index is 1.27. The third kappa shape index (κ3) is 4.82. The molecular weight excluding hydrogens is 344 g/mol. The van der Waals surface area contributed by atoms with Gasteiger partial charge in [-0.1, -0.05) is 60.7 Å². The molecule has 1 atom stereocenters. The van der Waals surface area contributed by atoms with Gasteiger partial charge in [-0.2, -0.15) is 0 Å². The maximum atomic E-state index is 13.2. The van der Waals surface area contributed by atoms with Crippen molar-refractivity contribution in [3.8, 4) is 0 Å². The van der Waals surface area contributed by atoms with E-state index in [-0.39, 0.29) is 6.04 Å². The van der Waals surface area contributed by atoms with E-state index in [0.717, 1.165) is 64.7 Å². The number of hydrogen-bond donors (Lipinski definition) is 0. The second-order valence-electron chi connectivity index (χ2n) is 8.39. The third-order valence-corrected chi connectivity index (χ3v) is 6.47. The van der Waals surface area contributed by atoms with Crippen molar-refractivity contribution in [3.63, 3.8) is 0 Å². The largest absolute Gasteiger partial charge is 0.341 e. The molecule has 1 unspecified atom stereocenters. The van der Waals surface area contributed by atoms with Gasteiger partial charge in [-0.15, -0.1) is 0 Å². The van der Waals surface area contributed by atoms with E-state index in [1.165, 1.54) is 11.1 Å². The number of nitrogens with zero attached hydrogens (tertiary/aromatic N) is 2. The Hall–Kier alpha value is -2.13. The molecule has 0 aliphatic carbocycles. The fourth-order valence-corrected chi connectivity index (χ4v) is 4.81. The van der Waals surface area contributed by atoms with Crippen LogP contribution in [-0.4, -0.2) is 47.9 Å². The van der Waals surface area contributed by atoms with Crippen LogP contribution in [0.15, 0.2) is 60.7 Å². The van der Waals surface area contributed by atoms with Crippen molar-refractivity contribution in [2.24, 2.45) is 5.92 Å². The number of amides is 1. The standard InChI is InChI=1S/C25H32N2O/c28-25(24-12-7-16-26(24)17-13-21-8-3-1-4-9-21)27-18-14-23(15-19-27)20-22-10-5-2-6-11-22/h1-6,8-11,23-24H,7,12-20H2. The predicted octanol–water partition coefficient (Wildman–Crippen LogP) is 4.17. The Kier molecular flexibility index (Phi) is 6.43. The van der Waals surface area contributed by atoms with E-state index in [0.29, 0.717) is 11.8 Å². The Morgan fingerprint density at radius 3 is 2.14 bits per heavy atom. The zero-order valence-corrected chi connectivity index (χ0v) is 16.8. The smallest absolute Gasteiger partial charge is 0.239 e. The number of rotatable bonds is 6. The van der Waals surface area contributed by atoms with Gasteiger partial charge in [0.15, 0.2) is 0 Å². The van der Waals surface area contributed by atoms with Crippen molar-refractivity contribution < 1.29 is 4.79 Å². The molecule has 3 heteroatoms. The van der Waals surface area contributed by atoms with Gasteiger partial charge in [0, 0.05) is 19.6 Å². The van der Waals surface area contributed by atoms with Gasteiger partial charge in [0.2, 0.25) is 5.91 Å². The molecule has 28 heavy (non-hydrogen) atoms. The molecule has 2 fully saturated rings. The van der Waals surface area contributed by atoms with Crippen molar-refractivity contribution in [3.05, 3.63) is 71.8 Å². The predicted molar refractivity (Wildman–Crippen MR) is 114 cm³/mol. The minimum Gasteiger partial charge on any atom is -0.341 e. The number of benzene rings is 2. The summed E-state index contributed by atoms with van der Waals surface area (Å²) in [7, 11) is 0. The molecule has 0 aromatic heterocycles. The van der Waals surface area contributed by atoms with E-state index in [4.69, 9.17) is 0 Å². The first-order valence-corrected chi connectivity index (χ1v) is 10.9. The minimum absolute atomic E-state index is 0.106. The van der Waals surface area contributed by atoms with Crippen LogP contribution in [0.2, 0.25) is 0 Å². The molecule has 3 nitrogen and oxygen atoms in total. The molecule has 2 saturated heterocycles. The van der Waals surface area contributed by atoms with Gasteiger partial charge in [-0.3, -0.25) is 9.69 Å². The summed E-state index contributed by atoms with van der Waals surface area (Å²) in [6.07, 6.45) is 6.63. The number of piperidine rings is 1. The number of carbonyl (C=O) groups is 1. The van der Waals surface area contributed by atoms with Crippen molar-refractivity contribution in [1.29, 1.82) is 0 Å². The number of likely N-dealkylation sites (tertiary alicyclic amines) is 2. The maximum Gasteiger partial charge on any atom is 0.239 e. The van der Waals surface area contributed by atoms with Crippen molar-refractivity contribution in [1.82, 2.24) is 9.80 Å². The van der Waals surface area contributed by atoms with Crippen LogP contribution in [0.3, 0.4) is 0 Å². The van der Waals surface area contributed by atoms with Crippen molar-refractivity contribution in [2.45, 2.75) is 44.6 Å². The lowest BCUT2D eigenvalue weighted by atomic mass is 9.90. The summed E-state index contributed by atoms with van der Waals surface area (Å²) in [5.41, 5.74) is 2.79. The highest BCUT2D eigenvalue weighted by Gasteiger charge is 2.34. The second kappa shape index (κ2) is 9.38. The average molecular weight is 377 g/mol. The Bertz CT molecular complexity index is 738. The van der Waals surface area contributed by atoms with E-state index in [2.05, 4.69) is 70.5 Å². The first-order valence-electron chi connectivity index (χ1n) is 10.9. The first-order chi connectivity index (χ1) is 13.8. The summed E-state index contributed by atoms with van der Waals surface area (Å²) in [6, 6.07) is 21.5. The normalized spacial score (nSPS) is 21.1. The zero-order chi connectivity index (χ0) is 19.2. The molecule has 0 radical (unpaired) electrons. The van der Waals surface area contributed by atoms with Crippen molar-refractivity contribution >= 4 is 5.91 Å². The number of hydrogen-bond acceptors (Lipinski definition) is 2. The maximum absolute atomic E-state index is 13.2. The molecule has 2 aliphatic rings. The molecule has 2 aromatic carbocycles. The lowest BCUT2D eigenvalue weighted by molar-refractivity contribution is -0.137. The molecule has 2 heterocycles. The minimum atomic E-state index is 0.106. The van der Waals surface area contributed by atoms with Gasteiger partial charge < -0.3 is 4.90 Å². The highest BCUT2D eigenvalue weighted by atomic mass is 16.2. The van der Waals surface area contributed by atoms with Crippen LogP contribution in [0.25, 0.3) is 0 Å². The molecule has 4 rings (SSSR count). The van der Waals surface area contributed by atoms with E-state index >= 15 is 0 Å². The Morgan fingerprint density at radius 1 is 0.821 bits per heavy atom. The lowest BCUT2D eigenvalue weighted by Gasteiger charge is -2.35. The molecule has 0 saturated carbocycles. The van der Waals surface area contributed by atoms with Gasteiger partial charge >= 0.3 is 0 Å². The lowest BCUT2D eigenvalue weighted by Crippen LogP contribution is -2.49. The molecular formula is C25H32N2O. The van der Waals surface area contributed by atoms with E-state index in [1.54, 1.807) is 0 Å². The molecule has 0 bridgehead atoms. The van der Waals surface area contributed by atoms with Crippen molar-refractivity contribution in [2.75, 3.05) is 26.2 Å².